The van der Waals surface area contributed by atoms with Crippen molar-refractivity contribution in [3.8, 4) is 5.75 Å². The predicted octanol–water partition coefficient (Wildman–Crippen LogP) is 0.989. The summed E-state index contributed by atoms with van der Waals surface area (Å²) in [6.45, 7) is 1.69. The van der Waals surface area contributed by atoms with E-state index >= 15 is 0 Å². The molecule has 1 fully saturated rings. The summed E-state index contributed by atoms with van der Waals surface area (Å²) in [5.41, 5.74) is -0.292. The van der Waals surface area contributed by atoms with Crippen LogP contribution in [0.1, 0.15) is 13.3 Å². The third-order valence-electron chi connectivity index (χ3n) is 3.02. The van der Waals surface area contributed by atoms with Gasteiger partial charge in [-0.15, -0.1) is 0 Å². The second-order valence-corrected chi connectivity index (χ2v) is 4.81. The molecule has 2 rings (SSSR count). The smallest absolute Gasteiger partial charge is 0.306 e. The number of hydrogen-bond donors (Lipinski definition) is 2. The van der Waals surface area contributed by atoms with Gasteiger partial charge in [0.05, 0.1) is 18.6 Å². The Balaban J connectivity index is 2.21. The Labute approximate surface area is 110 Å². The van der Waals surface area contributed by atoms with Crippen molar-refractivity contribution in [1.29, 1.82) is 0 Å². The third kappa shape index (κ3) is 3.03. The van der Waals surface area contributed by atoms with Gasteiger partial charge in [-0.3, -0.25) is 9.59 Å². The van der Waals surface area contributed by atoms with Crippen LogP contribution in [0.3, 0.4) is 0 Å². The van der Waals surface area contributed by atoms with Crippen molar-refractivity contribution < 1.29 is 24.5 Å². The van der Waals surface area contributed by atoms with Gasteiger partial charge in [0.2, 0.25) is 0 Å². The average molecular weight is 265 g/mol. The topological polar surface area (TPSA) is 87.1 Å². The highest BCUT2D eigenvalue weighted by atomic mass is 16.5. The number of carboxylic acid groups (broad SMARTS) is 1. The maximum Gasteiger partial charge on any atom is 0.306 e. The molecule has 0 saturated carbocycles. The summed E-state index contributed by atoms with van der Waals surface area (Å²) in [5, 5.41) is 18.1. The van der Waals surface area contributed by atoms with Crippen molar-refractivity contribution in [3.05, 3.63) is 24.3 Å². The third-order valence-corrected chi connectivity index (χ3v) is 3.02. The van der Waals surface area contributed by atoms with E-state index in [0.717, 1.165) is 0 Å². The van der Waals surface area contributed by atoms with Crippen LogP contribution in [0.2, 0.25) is 0 Å². The fraction of sp³-hybridized carbons (Fsp3) is 0.385. The fourth-order valence-electron chi connectivity index (χ4n) is 2.08. The molecule has 0 radical (unpaired) electrons. The number of amides is 1. The molecule has 19 heavy (non-hydrogen) atoms. The maximum absolute atomic E-state index is 11.8. The van der Waals surface area contributed by atoms with Gasteiger partial charge in [-0.2, -0.15) is 0 Å². The van der Waals surface area contributed by atoms with Crippen LogP contribution in [0, 0.1) is 0 Å². The number of carboxylic acids is 1. The molecule has 0 aromatic heterocycles. The van der Waals surface area contributed by atoms with Crippen molar-refractivity contribution >= 4 is 17.6 Å². The Kier molecular flexibility index (Phi) is 3.44. The van der Waals surface area contributed by atoms with Crippen LogP contribution in [-0.2, 0) is 14.3 Å². The first-order chi connectivity index (χ1) is 8.89. The molecule has 1 heterocycles. The van der Waals surface area contributed by atoms with Gasteiger partial charge in [0.25, 0.3) is 5.91 Å². The Bertz CT molecular complexity index is 498. The zero-order valence-electron chi connectivity index (χ0n) is 10.5. The number of nitrogens with zero attached hydrogens (tertiary/aromatic N) is 1. The van der Waals surface area contributed by atoms with Crippen LogP contribution in [0.15, 0.2) is 24.3 Å². The molecule has 1 amide bonds. The van der Waals surface area contributed by atoms with Crippen molar-refractivity contribution in [2.75, 3.05) is 18.1 Å². The lowest BCUT2D eigenvalue weighted by Gasteiger charge is -2.39. The largest absolute Gasteiger partial charge is 0.508 e. The molecule has 1 atom stereocenters. The lowest BCUT2D eigenvalue weighted by Crippen LogP contribution is -2.54. The molecule has 6 heteroatoms. The van der Waals surface area contributed by atoms with E-state index in [9.17, 15) is 14.7 Å². The molecule has 1 aromatic carbocycles. The number of rotatable bonds is 3. The number of phenols is 1. The fourth-order valence-corrected chi connectivity index (χ4v) is 2.08. The molecule has 1 unspecified atom stereocenters. The average Bonchev–Trinajstić information content (AvgIpc) is 2.33. The van der Waals surface area contributed by atoms with Crippen molar-refractivity contribution in [3.63, 3.8) is 0 Å². The molecule has 1 aromatic rings. The SMILES string of the molecule is CC1(CC(=O)O)CN(c2ccc(O)cc2)C(=O)CO1. The Hall–Kier alpha value is -2.08. The summed E-state index contributed by atoms with van der Waals surface area (Å²) in [6, 6.07) is 6.18. The Morgan fingerprint density at radius 1 is 1.42 bits per heavy atom. The number of benzene rings is 1. The van der Waals surface area contributed by atoms with Crippen LogP contribution in [0.25, 0.3) is 0 Å². The summed E-state index contributed by atoms with van der Waals surface area (Å²) in [7, 11) is 0. The van der Waals surface area contributed by atoms with Crippen molar-refractivity contribution in [2.45, 2.75) is 18.9 Å². The second kappa shape index (κ2) is 4.89. The molecule has 1 saturated heterocycles. The quantitative estimate of drug-likeness (QED) is 0.851. The summed E-state index contributed by atoms with van der Waals surface area (Å²) in [5.74, 6) is -1.09. The highest BCUT2D eigenvalue weighted by molar-refractivity contribution is 5.95. The zero-order valence-corrected chi connectivity index (χ0v) is 10.5. The standard InChI is InChI=1S/C13H15NO5/c1-13(6-12(17)18)8-14(11(16)7-19-13)9-2-4-10(15)5-3-9/h2-5,15H,6-8H2,1H3,(H,17,18). The minimum atomic E-state index is -0.970. The Morgan fingerprint density at radius 2 is 2.05 bits per heavy atom. The van der Waals surface area contributed by atoms with E-state index in [0.29, 0.717) is 5.69 Å². The highest BCUT2D eigenvalue weighted by Crippen LogP contribution is 2.27. The Morgan fingerprint density at radius 3 is 2.63 bits per heavy atom. The summed E-state index contributed by atoms with van der Waals surface area (Å²) in [4.78, 5) is 24.1. The molecule has 6 nitrogen and oxygen atoms in total. The normalized spacial score (nSPS) is 23.4. The maximum atomic E-state index is 11.8. The van der Waals surface area contributed by atoms with Crippen LogP contribution < -0.4 is 4.90 Å². The number of aliphatic carboxylic acids is 1. The minimum absolute atomic E-state index is 0.109. The lowest BCUT2D eigenvalue weighted by atomic mass is 9.99. The number of anilines is 1. The number of phenolic OH excluding ortho intramolecular Hbond substituents is 1. The van der Waals surface area contributed by atoms with E-state index < -0.39 is 11.6 Å². The van der Waals surface area contributed by atoms with Gasteiger partial charge in [0.15, 0.2) is 0 Å². The monoisotopic (exact) mass is 265 g/mol. The summed E-state index contributed by atoms with van der Waals surface area (Å²) in [6.07, 6.45) is -0.172. The van der Waals surface area contributed by atoms with E-state index in [1.807, 2.05) is 0 Å². The molecule has 2 N–H and O–H groups in total. The van der Waals surface area contributed by atoms with Gasteiger partial charge < -0.3 is 19.8 Å². The van der Waals surface area contributed by atoms with Crippen molar-refractivity contribution in [1.82, 2.24) is 0 Å². The first-order valence-electron chi connectivity index (χ1n) is 5.85. The van der Waals surface area contributed by atoms with Crippen LogP contribution in [0.5, 0.6) is 5.75 Å². The van der Waals surface area contributed by atoms with Gasteiger partial charge in [-0.1, -0.05) is 0 Å². The zero-order chi connectivity index (χ0) is 14.0. The number of aromatic hydroxyl groups is 1. The number of carbonyl (C=O) groups is 2. The van der Waals surface area contributed by atoms with Crippen LogP contribution >= 0.6 is 0 Å². The van der Waals surface area contributed by atoms with Crippen LogP contribution in [-0.4, -0.2) is 40.8 Å². The first-order valence-corrected chi connectivity index (χ1v) is 5.85. The van der Waals surface area contributed by atoms with Crippen molar-refractivity contribution in [2.24, 2.45) is 0 Å². The number of morpholine rings is 1. The second-order valence-electron chi connectivity index (χ2n) is 4.81. The molecular weight excluding hydrogens is 250 g/mol. The number of hydrogen-bond acceptors (Lipinski definition) is 4. The number of ether oxygens (including phenoxy) is 1. The molecule has 1 aliphatic rings. The van der Waals surface area contributed by atoms with Gasteiger partial charge in [-0.05, 0) is 31.2 Å². The number of carbonyl (C=O) groups excluding carboxylic acids is 1. The molecule has 1 aliphatic heterocycles. The summed E-state index contributed by atoms with van der Waals surface area (Å²) >= 11 is 0. The van der Waals surface area contributed by atoms with E-state index in [-0.39, 0.29) is 31.2 Å². The van der Waals surface area contributed by atoms with E-state index in [4.69, 9.17) is 9.84 Å². The van der Waals surface area contributed by atoms with Crippen LogP contribution in [0.4, 0.5) is 5.69 Å². The van der Waals surface area contributed by atoms with Gasteiger partial charge in [0, 0.05) is 5.69 Å². The van der Waals surface area contributed by atoms with E-state index in [1.165, 1.54) is 17.0 Å². The van der Waals surface area contributed by atoms with E-state index in [1.54, 1.807) is 19.1 Å². The van der Waals surface area contributed by atoms with Gasteiger partial charge >= 0.3 is 5.97 Å². The van der Waals surface area contributed by atoms with Gasteiger partial charge in [-0.25, -0.2) is 0 Å². The summed E-state index contributed by atoms with van der Waals surface area (Å²) < 4.78 is 5.34. The molecule has 102 valence electrons. The molecule has 0 spiro atoms. The molecule has 0 aliphatic carbocycles. The van der Waals surface area contributed by atoms with Gasteiger partial charge in [0.1, 0.15) is 12.4 Å². The predicted molar refractivity (Wildman–Crippen MR) is 67.1 cm³/mol. The van der Waals surface area contributed by atoms with E-state index in [2.05, 4.69) is 0 Å². The highest BCUT2D eigenvalue weighted by Gasteiger charge is 2.38. The lowest BCUT2D eigenvalue weighted by molar-refractivity contribution is -0.151. The molecule has 0 bridgehead atoms. The first kappa shape index (κ1) is 13.4. The molecular formula is C13H15NO5. The minimum Gasteiger partial charge on any atom is -0.508 e.